The Balaban J connectivity index is 1.74. The highest BCUT2D eigenvalue weighted by Crippen LogP contribution is 2.31. The van der Waals surface area contributed by atoms with E-state index in [1.54, 1.807) is 29.6 Å². The van der Waals surface area contributed by atoms with Crippen LogP contribution >= 0.6 is 11.3 Å². The van der Waals surface area contributed by atoms with Crippen molar-refractivity contribution in [2.75, 3.05) is 18.0 Å². The first-order valence-electron chi connectivity index (χ1n) is 7.55. The third kappa shape index (κ3) is 3.60. The zero-order valence-corrected chi connectivity index (χ0v) is 13.7. The SMILES string of the molecule is O=C(N/N=C/c1ccc(N2CCCC2)c([N+](=O)[O-])c1)c1cccs1. The molecule has 1 amide bonds. The van der Waals surface area contributed by atoms with E-state index in [9.17, 15) is 14.9 Å². The standard InChI is InChI=1S/C16H16N4O3S/c21-16(15-4-3-9-24-15)18-17-11-12-5-6-13(14(10-12)20(22)23)19-7-1-2-8-19/h3-6,9-11H,1-2,7-8H2,(H,18,21)/b17-11+. The molecule has 0 saturated carbocycles. The Labute approximate surface area is 142 Å². The zero-order valence-electron chi connectivity index (χ0n) is 12.8. The lowest BCUT2D eigenvalue weighted by Gasteiger charge is -2.17. The molecule has 1 fully saturated rings. The summed E-state index contributed by atoms with van der Waals surface area (Å²) in [6, 6.07) is 8.47. The number of anilines is 1. The first kappa shape index (κ1) is 16.1. The summed E-state index contributed by atoms with van der Waals surface area (Å²) >= 11 is 1.32. The number of hydrazone groups is 1. The molecule has 3 rings (SSSR count). The van der Waals surface area contributed by atoms with Crippen molar-refractivity contribution in [2.45, 2.75) is 12.8 Å². The van der Waals surface area contributed by atoms with Gasteiger partial charge in [0.05, 0.1) is 16.0 Å². The van der Waals surface area contributed by atoms with Gasteiger partial charge in [-0.3, -0.25) is 14.9 Å². The van der Waals surface area contributed by atoms with E-state index in [1.165, 1.54) is 23.6 Å². The van der Waals surface area contributed by atoms with Gasteiger partial charge in [0.25, 0.3) is 11.6 Å². The van der Waals surface area contributed by atoms with E-state index in [-0.39, 0.29) is 16.5 Å². The maximum atomic E-state index is 11.8. The average Bonchev–Trinajstić information content (AvgIpc) is 3.28. The van der Waals surface area contributed by atoms with Crippen molar-refractivity contribution in [3.8, 4) is 0 Å². The number of rotatable bonds is 5. The smallest absolute Gasteiger partial charge is 0.293 e. The van der Waals surface area contributed by atoms with Crippen LogP contribution in [0.15, 0.2) is 40.8 Å². The molecular formula is C16H16N4O3S. The Morgan fingerprint density at radius 3 is 2.79 bits per heavy atom. The molecule has 1 aromatic carbocycles. The molecule has 0 radical (unpaired) electrons. The Morgan fingerprint density at radius 2 is 2.12 bits per heavy atom. The van der Waals surface area contributed by atoms with Crippen LogP contribution in [0.4, 0.5) is 11.4 Å². The number of nitrogens with one attached hydrogen (secondary N) is 1. The Kier molecular flexibility index (Phi) is 4.85. The van der Waals surface area contributed by atoms with Gasteiger partial charge in [0.15, 0.2) is 0 Å². The van der Waals surface area contributed by atoms with Crippen molar-refractivity contribution in [2.24, 2.45) is 5.10 Å². The van der Waals surface area contributed by atoms with Crippen molar-refractivity contribution in [3.63, 3.8) is 0 Å². The quantitative estimate of drug-likeness (QED) is 0.513. The van der Waals surface area contributed by atoms with E-state index in [0.717, 1.165) is 25.9 Å². The molecule has 0 bridgehead atoms. The number of nitrogens with zero attached hydrogens (tertiary/aromatic N) is 3. The molecule has 124 valence electrons. The highest BCUT2D eigenvalue weighted by Gasteiger charge is 2.22. The van der Waals surface area contributed by atoms with Crippen LogP contribution in [0, 0.1) is 10.1 Å². The summed E-state index contributed by atoms with van der Waals surface area (Å²) in [5.74, 6) is -0.301. The summed E-state index contributed by atoms with van der Waals surface area (Å²) in [7, 11) is 0. The summed E-state index contributed by atoms with van der Waals surface area (Å²) in [6.45, 7) is 1.68. The van der Waals surface area contributed by atoms with Crippen molar-refractivity contribution < 1.29 is 9.72 Å². The molecule has 1 N–H and O–H groups in total. The van der Waals surface area contributed by atoms with Crippen LogP contribution < -0.4 is 10.3 Å². The first-order chi connectivity index (χ1) is 11.6. The number of nitro benzene ring substituents is 1. The number of hydrogen-bond donors (Lipinski definition) is 1. The van der Waals surface area contributed by atoms with E-state index in [2.05, 4.69) is 10.5 Å². The monoisotopic (exact) mass is 344 g/mol. The Morgan fingerprint density at radius 1 is 1.33 bits per heavy atom. The number of thiophene rings is 1. The number of carbonyl (C=O) groups excluding carboxylic acids is 1. The maximum Gasteiger partial charge on any atom is 0.293 e. The van der Waals surface area contributed by atoms with Gasteiger partial charge in [0, 0.05) is 24.7 Å². The predicted molar refractivity (Wildman–Crippen MR) is 93.9 cm³/mol. The fraction of sp³-hybridized carbons (Fsp3) is 0.250. The molecule has 0 unspecified atom stereocenters. The average molecular weight is 344 g/mol. The number of carbonyl (C=O) groups is 1. The molecule has 8 heteroatoms. The predicted octanol–water partition coefficient (Wildman–Crippen LogP) is 3.02. The van der Waals surface area contributed by atoms with Gasteiger partial charge >= 0.3 is 0 Å². The van der Waals surface area contributed by atoms with Crippen molar-refractivity contribution in [1.29, 1.82) is 0 Å². The molecule has 1 aliphatic heterocycles. The van der Waals surface area contributed by atoms with Crippen LogP contribution in [0.3, 0.4) is 0 Å². The third-order valence-electron chi connectivity index (χ3n) is 3.77. The maximum absolute atomic E-state index is 11.8. The van der Waals surface area contributed by atoms with Crippen LogP contribution in [0.1, 0.15) is 28.1 Å². The Hall–Kier alpha value is -2.74. The van der Waals surface area contributed by atoms with Gasteiger partial charge in [-0.2, -0.15) is 5.10 Å². The first-order valence-corrected chi connectivity index (χ1v) is 8.43. The molecule has 7 nitrogen and oxygen atoms in total. The minimum absolute atomic E-state index is 0.0606. The van der Waals surface area contributed by atoms with Crippen molar-refractivity contribution >= 4 is 34.8 Å². The van der Waals surface area contributed by atoms with Gasteiger partial charge < -0.3 is 4.90 Å². The summed E-state index contributed by atoms with van der Waals surface area (Å²) in [6.07, 6.45) is 3.51. The third-order valence-corrected chi connectivity index (χ3v) is 4.64. The van der Waals surface area contributed by atoms with Crippen molar-refractivity contribution in [3.05, 3.63) is 56.3 Å². The van der Waals surface area contributed by atoms with Crippen LogP contribution in [-0.4, -0.2) is 30.1 Å². The summed E-state index contributed by atoms with van der Waals surface area (Å²) in [4.78, 5) is 25.3. The lowest BCUT2D eigenvalue weighted by molar-refractivity contribution is -0.384. The lowest BCUT2D eigenvalue weighted by atomic mass is 10.1. The molecule has 0 aliphatic carbocycles. The van der Waals surface area contributed by atoms with E-state index in [4.69, 9.17) is 0 Å². The Bertz CT molecular complexity index is 768. The van der Waals surface area contributed by atoms with E-state index < -0.39 is 0 Å². The molecule has 1 saturated heterocycles. The van der Waals surface area contributed by atoms with Gasteiger partial charge in [-0.05, 0) is 30.4 Å². The summed E-state index contributed by atoms with van der Waals surface area (Å²) in [5.41, 5.74) is 3.68. The summed E-state index contributed by atoms with van der Waals surface area (Å²) < 4.78 is 0. The number of nitro groups is 1. The largest absolute Gasteiger partial charge is 0.366 e. The molecule has 2 aromatic rings. The van der Waals surface area contributed by atoms with Crippen LogP contribution in [0.25, 0.3) is 0 Å². The van der Waals surface area contributed by atoms with Gasteiger partial charge in [-0.25, -0.2) is 5.43 Å². The van der Waals surface area contributed by atoms with Gasteiger partial charge in [0.1, 0.15) is 5.69 Å². The van der Waals surface area contributed by atoms with Crippen molar-refractivity contribution in [1.82, 2.24) is 5.43 Å². The lowest BCUT2D eigenvalue weighted by Crippen LogP contribution is -2.19. The second-order valence-corrected chi connectivity index (χ2v) is 6.32. The van der Waals surface area contributed by atoms with E-state index in [1.807, 2.05) is 4.90 Å². The van der Waals surface area contributed by atoms with Gasteiger partial charge in [-0.15, -0.1) is 11.3 Å². The van der Waals surface area contributed by atoms with E-state index >= 15 is 0 Å². The van der Waals surface area contributed by atoms with Gasteiger partial charge in [-0.1, -0.05) is 12.1 Å². The fourth-order valence-electron chi connectivity index (χ4n) is 2.62. The molecular weight excluding hydrogens is 328 g/mol. The molecule has 0 atom stereocenters. The minimum Gasteiger partial charge on any atom is -0.366 e. The molecule has 24 heavy (non-hydrogen) atoms. The zero-order chi connectivity index (χ0) is 16.9. The van der Waals surface area contributed by atoms with E-state index in [0.29, 0.717) is 16.1 Å². The highest BCUT2D eigenvalue weighted by atomic mass is 32.1. The van der Waals surface area contributed by atoms with Crippen LogP contribution in [-0.2, 0) is 0 Å². The number of hydrogen-bond acceptors (Lipinski definition) is 6. The number of benzene rings is 1. The normalized spacial score (nSPS) is 14.2. The van der Waals surface area contributed by atoms with Crippen LogP contribution in [0.5, 0.6) is 0 Å². The molecule has 2 heterocycles. The minimum atomic E-state index is -0.380. The van der Waals surface area contributed by atoms with Gasteiger partial charge in [0.2, 0.25) is 0 Å². The highest BCUT2D eigenvalue weighted by molar-refractivity contribution is 7.12. The molecule has 1 aliphatic rings. The second kappa shape index (κ2) is 7.22. The summed E-state index contributed by atoms with van der Waals surface area (Å²) in [5, 5.41) is 17.0. The number of amides is 1. The second-order valence-electron chi connectivity index (χ2n) is 5.38. The molecule has 1 aromatic heterocycles. The molecule has 0 spiro atoms. The topological polar surface area (TPSA) is 87.8 Å². The fourth-order valence-corrected chi connectivity index (χ4v) is 3.23. The van der Waals surface area contributed by atoms with Crippen LogP contribution in [0.2, 0.25) is 0 Å².